The number of anilines is 1. The van der Waals surface area contributed by atoms with E-state index in [-0.39, 0.29) is 11.3 Å². The normalized spacial score (nSPS) is 12.5. The number of nitrogens with two attached hydrogens (primary N) is 1. The van der Waals surface area contributed by atoms with Gasteiger partial charge in [0.25, 0.3) is 0 Å². The Morgan fingerprint density at radius 3 is 2.38 bits per heavy atom. The molecule has 0 unspecified atom stereocenters. The highest BCUT2D eigenvalue weighted by molar-refractivity contribution is 7.88. The van der Waals surface area contributed by atoms with Gasteiger partial charge < -0.3 is 9.92 Å². The molecule has 0 radical (unpaired) electrons. The molecule has 1 rings (SSSR count). The molecule has 0 spiro atoms. The molecule has 0 aromatic heterocycles. The highest BCUT2D eigenvalue weighted by Gasteiger charge is 2.48. The summed E-state index contributed by atoms with van der Waals surface area (Å²) in [5, 5.41) is 0. The standard InChI is InChI=1S/C8H8F3NO3S/c1-5-6(12)3-2-4-7(5)15-16(13,14)8(9,10)11/h2-4H,12H2,1H3. The number of hydrogen-bond acceptors (Lipinski definition) is 4. The average Bonchev–Trinajstić information content (AvgIpc) is 2.11. The van der Waals surface area contributed by atoms with Gasteiger partial charge in [-0.3, -0.25) is 0 Å². The molecule has 0 amide bonds. The van der Waals surface area contributed by atoms with E-state index < -0.39 is 21.4 Å². The molecule has 0 bridgehead atoms. The fourth-order valence-electron chi connectivity index (χ4n) is 0.887. The first-order valence-corrected chi connectivity index (χ1v) is 5.42. The molecule has 0 fully saturated rings. The number of rotatable bonds is 2. The van der Waals surface area contributed by atoms with Gasteiger partial charge in [-0.25, -0.2) is 0 Å². The van der Waals surface area contributed by atoms with E-state index in [1.165, 1.54) is 19.1 Å². The van der Waals surface area contributed by atoms with E-state index in [0.29, 0.717) is 0 Å². The third-order valence-electron chi connectivity index (χ3n) is 1.81. The SMILES string of the molecule is Cc1c(N)cccc1OS(=O)(=O)C(F)(F)F. The maximum absolute atomic E-state index is 12.0. The molecule has 8 heteroatoms. The van der Waals surface area contributed by atoms with Crippen molar-refractivity contribution in [2.45, 2.75) is 12.4 Å². The Morgan fingerprint density at radius 1 is 1.31 bits per heavy atom. The lowest BCUT2D eigenvalue weighted by molar-refractivity contribution is -0.0500. The van der Waals surface area contributed by atoms with Gasteiger partial charge in [-0.1, -0.05) is 6.07 Å². The summed E-state index contributed by atoms with van der Waals surface area (Å²) in [4.78, 5) is 0. The van der Waals surface area contributed by atoms with Crippen LogP contribution in [0.25, 0.3) is 0 Å². The van der Waals surface area contributed by atoms with Crippen molar-refractivity contribution in [3.63, 3.8) is 0 Å². The Labute approximate surface area is 89.9 Å². The molecule has 0 aliphatic rings. The molecular weight excluding hydrogens is 247 g/mol. The molecule has 0 saturated carbocycles. The smallest absolute Gasteiger partial charge is 0.398 e. The molecule has 0 atom stereocenters. The number of hydrogen-bond donors (Lipinski definition) is 1. The Balaban J connectivity index is 3.12. The van der Waals surface area contributed by atoms with Crippen LogP contribution in [0.5, 0.6) is 5.75 Å². The zero-order valence-corrected chi connectivity index (χ0v) is 8.89. The van der Waals surface area contributed by atoms with Crippen LogP contribution in [-0.4, -0.2) is 13.9 Å². The van der Waals surface area contributed by atoms with Crippen molar-refractivity contribution >= 4 is 15.8 Å². The lowest BCUT2D eigenvalue weighted by atomic mass is 10.2. The topological polar surface area (TPSA) is 69.4 Å². The van der Waals surface area contributed by atoms with Gasteiger partial charge >= 0.3 is 15.6 Å². The molecule has 0 aliphatic heterocycles. The van der Waals surface area contributed by atoms with Crippen LogP contribution in [-0.2, 0) is 10.1 Å². The molecular formula is C8H8F3NO3S. The van der Waals surface area contributed by atoms with Gasteiger partial charge in [-0.05, 0) is 19.1 Å². The average molecular weight is 255 g/mol. The van der Waals surface area contributed by atoms with Gasteiger partial charge in [0, 0.05) is 11.3 Å². The minimum absolute atomic E-state index is 0.135. The maximum Gasteiger partial charge on any atom is 0.534 e. The molecule has 2 N–H and O–H groups in total. The summed E-state index contributed by atoms with van der Waals surface area (Å²) in [6.07, 6.45) is 0. The second-order valence-corrected chi connectivity index (χ2v) is 4.49. The van der Waals surface area contributed by atoms with Crippen molar-refractivity contribution in [1.29, 1.82) is 0 Å². The van der Waals surface area contributed by atoms with E-state index in [4.69, 9.17) is 5.73 Å². The van der Waals surface area contributed by atoms with Crippen LogP contribution < -0.4 is 9.92 Å². The van der Waals surface area contributed by atoms with E-state index in [2.05, 4.69) is 4.18 Å². The minimum atomic E-state index is -5.65. The van der Waals surface area contributed by atoms with Crippen molar-refractivity contribution in [2.24, 2.45) is 0 Å². The van der Waals surface area contributed by atoms with E-state index in [1.807, 2.05) is 0 Å². The Kier molecular flexibility index (Phi) is 3.04. The van der Waals surface area contributed by atoms with Crippen LogP contribution in [0.4, 0.5) is 18.9 Å². The monoisotopic (exact) mass is 255 g/mol. The molecule has 0 heterocycles. The first-order chi connectivity index (χ1) is 7.15. The maximum atomic E-state index is 12.0. The van der Waals surface area contributed by atoms with Crippen LogP contribution in [0.1, 0.15) is 5.56 Å². The van der Waals surface area contributed by atoms with Crippen molar-refractivity contribution < 1.29 is 25.8 Å². The van der Waals surface area contributed by atoms with Crippen molar-refractivity contribution in [2.75, 3.05) is 5.73 Å². The predicted octanol–water partition coefficient (Wildman–Crippen LogP) is 1.81. The second kappa shape index (κ2) is 3.85. The fourth-order valence-corrected chi connectivity index (χ4v) is 1.40. The Hall–Kier alpha value is -1.44. The third kappa shape index (κ3) is 2.38. The highest BCUT2D eigenvalue weighted by atomic mass is 32.2. The van der Waals surface area contributed by atoms with Crippen molar-refractivity contribution in [1.82, 2.24) is 0 Å². The predicted molar refractivity (Wildman–Crippen MR) is 51.2 cm³/mol. The summed E-state index contributed by atoms with van der Waals surface area (Å²) in [5.41, 5.74) is 0.221. The second-order valence-electron chi connectivity index (χ2n) is 2.95. The summed E-state index contributed by atoms with van der Waals surface area (Å²) >= 11 is 0. The summed E-state index contributed by atoms with van der Waals surface area (Å²) in [7, 11) is -5.65. The molecule has 1 aromatic rings. The van der Waals surface area contributed by atoms with Gasteiger partial charge in [0.15, 0.2) is 0 Å². The molecule has 0 aliphatic carbocycles. The van der Waals surface area contributed by atoms with Crippen molar-refractivity contribution in [3.8, 4) is 5.75 Å². The highest BCUT2D eigenvalue weighted by Crippen LogP contribution is 2.30. The van der Waals surface area contributed by atoms with Gasteiger partial charge in [0.05, 0.1) is 0 Å². The van der Waals surface area contributed by atoms with Crippen molar-refractivity contribution in [3.05, 3.63) is 23.8 Å². The fraction of sp³-hybridized carbons (Fsp3) is 0.250. The van der Waals surface area contributed by atoms with Gasteiger partial charge in [0.1, 0.15) is 5.75 Å². The van der Waals surface area contributed by atoms with Crippen LogP contribution in [0.2, 0.25) is 0 Å². The number of alkyl halides is 3. The van der Waals surface area contributed by atoms with Gasteiger partial charge in [0.2, 0.25) is 0 Å². The lowest BCUT2D eigenvalue weighted by Crippen LogP contribution is -2.28. The van der Waals surface area contributed by atoms with E-state index in [0.717, 1.165) is 6.07 Å². The lowest BCUT2D eigenvalue weighted by Gasteiger charge is -2.11. The number of halogens is 3. The summed E-state index contributed by atoms with van der Waals surface area (Å²) in [6.45, 7) is 1.36. The zero-order valence-electron chi connectivity index (χ0n) is 8.08. The molecule has 1 aromatic carbocycles. The Morgan fingerprint density at radius 2 is 1.88 bits per heavy atom. The first-order valence-electron chi connectivity index (χ1n) is 4.01. The van der Waals surface area contributed by atoms with Gasteiger partial charge in [-0.15, -0.1) is 0 Å². The van der Waals surface area contributed by atoms with E-state index >= 15 is 0 Å². The molecule has 4 nitrogen and oxygen atoms in total. The largest absolute Gasteiger partial charge is 0.534 e. The van der Waals surface area contributed by atoms with Crippen LogP contribution in [0, 0.1) is 6.92 Å². The summed E-state index contributed by atoms with van der Waals surface area (Å²) in [6, 6.07) is 3.81. The molecule has 16 heavy (non-hydrogen) atoms. The molecule has 90 valence electrons. The third-order valence-corrected chi connectivity index (χ3v) is 2.77. The van der Waals surface area contributed by atoms with Crippen LogP contribution in [0.15, 0.2) is 18.2 Å². The van der Waals surface area contributed by atoms with E-state index in [1.54, 1.807) is 0 Å². The quantitative estimate of drug-likeness (QED) is 0.497. The van der Waals surface area contributed by atoms with Crippen LogP contribution in [0.3, 0.4) is 0 Å². The molecule has 0 saturated heterocycles. The van der Waals surface area contributed by atoms with Crippen LogP contribution >= 0.6 is 0 Å². The first kappa shape index (κ1) is 12.6. The minimum Gasteiger partial charge on any atom is -0.398 e. The Bertz CT molecular complexity index is 496. The summed E-state index contributed by atoms with van der Waals surface area (Å²) < 4.78 is 61.4. The zero-order chi connectivity index (χ0) is 12.6. The number of nitrogen functional groups attached to an aromatic ring is 1. The summed E-state index contributed by atoms with van der Waals surface area (Å²) in [5.74, 6) is -0.433. The van der Waals surface area contributed by atoms with Gasteiger partial charge in [-0.2, -0.15) is 21.6 Å². The van der Waals surface area contributed by atoms with E-state index in [9.17, 15) is 21.6 Å². The number of benzene rings is 1.